The molecule has 1 aromatic rings. The Kier molecular flexibility index (Phi) is 11.4. The molecule has 3 N–H and O–H groups in total. The quantitative estimate of drug-likeness (QED) is 0.834. The van der Waals surface area contributed by atoms with E-state index in [-0.39, 0.29) is 43.4 Å². The maximum atomic E-state index is 11.7. The van der Waals surface area contributed by atoms with Crippen LogP contribution in [0.2, 0.25) is 0 Å². The fourth-order valence-electron chi connectivity index (χ4n) is 1.40. The third-order valence-electron chi connectivity index (χ3n) is 2.34. The predicted octanol–water partition coefficient (Wildman–Crippen LogP) is 1.84. The Labute approximate surface area is 130 Å². The topological polar surface area (TPSA) is 77.2 Å². The molecule has 112 valence electrons. The molecule has 8 heteroatoms. The summed E-state index contributed by atoms with van der Waals surface area (Å²) in [6, 6.07) is -0.695. The Balaban J connectivity index is 0. The molecule has 0 fully saturated rings. The highest BCUT2D eigenvalue weighted by atomic mass is 35.5. The zero-order valence-electron chi connectivity index (χ0n) is 11.2. The lowest BCUT2D eigenvalue weighted by Gasteiger charge is -2.17. The van der Waals surface area contributed by atoms with Gasteiger partial charge in [-0.1, -0.05) is 6.92 Å². The van der Waals surface area contributed by atoms with Gasteiger partial charge in [-0.2, -0.15) is 0 Å². The Bertz CT molecular complexity index is 377. The summed E-state index contributed by atoms with van der Waals surface area (Å²) in [6.45, 7) is 4.16. The number of methoxy groups -OCH3 is 1. The van der Waals surface area contributed by atoms with Crippen molar-refractivity contribution in [1.82, 2.24) is 10.3 Å². The maximum Gasteiger partial charge on any atom is 0.239 e. The number of nitrogens with two attached hydrogens (primary N) is 1. The highest BCUT2D eigenvalue weighted by Gasteiger charge is 2.19. The van der Waals surface area contributed by atoms with Gasteiger partial charge in [-0.25, -0.2) is 4.98 Å². The number of halogens is 2. The van der Waals surface area contributed by atoms with Crippen molar-refractivity contribution in [3.05, 3.63) is 16.1 Å². The van der Waals surface area contributed by atoms with Gasteiger partial charge in [-0.3, -0.25) is 4.79 Å². The molecule has 19 heavy (non-hydrogen) atoms. The van der Waals surface area contributed by atoms with E-state index in [2.05, 4.69) is 10.3 Å². The first-order chi connectivity index (χ1) is 8.08. The molecule has 5 nitrogen and oxygen atoms in total. The van der Waals surface area contributed by atoms with Gasteiger partial charge in [0.05, 0.1) is 12.6 Å². The average Bonchev–Trinajstić information content (AvgIpc) is 2.72. The second-order valence-electron chi connectivity index (χ2n) is 3.86. The van der Waals surface area contributed by atoms with Gasteiger partial charge in [0.15, 0.2) is 0 Å². The summed E-state index contributed by atoms with van der Waals surface area (Å²) in [5, 5.41) is 5.78. The molecule has 2 atom stereocenters. The van der Waals surface area contributed by atoms with Gasteiger partial charge in [0.25, 0.3) is 0 Å². The van der Waals surface area contributed by atoms with Gasteiger partial charge in [-0.15, -0.1) is 36.2 Å². The molecule has 1 aromatic heterocycles. The first kappa shape index (κ1) is 20.9. The molecule has 1 amide bonds. The van der Waals surface area contributed by atoms with Crippen LogP contribution in [0.4, 0.5) is 0 Å². The fraction of sp³-hybridized carbons (Fsp3) is 0.636. The van der Waals surface area contributed by atoms with E-state index in [0.717, 1.165) is 17.1 Å². The van der Waals surface area contributed by atoms with Crippen LogP contribution in [0, 0.1) is 6.92 Å². The van der Waals surface area contributed by atoms with E-state index < -0.39 is 6.04 Å². The molecule has 0 saturated heterocycles. The minimum absolute atomic E-state index is 0. The Morgan fingerprint density at radius 3 is 2.63 bits per heavy atom. The monoisotopic (exact) mass is 329 g/mol. The van der Waals surface area contributed by atoms with Crippen LogP contribution >= 0.6 is 36.2 Å². The maximum absolute atomic E-state index is 11.7. The van der Waals surface area contributed by atoms with E-state index in [4.69, 9.17) is 10.5 Å². The number of thiazole rings is 1. The SMILES string of the molecule is CCC(NC(=O)C(N)COC)c1nc(C)cs1.Cl.Cl. The first-order valence-electron chi connectivity index (χ1n) is 5.55. The Morgan fingerprint density at radius 2 is 2.21 bits per heavy atom. The van der Waals surface area contributed by atoms with Crippen LogP contribution < -0.4 is 11.1 Å². The number of aromatic nitrogens is 1. The minimum atomic E-state index is -0.630. The van der Waals surface area contributed by atoms with Crippen molar-refractivity contribution in [3.63, 3.8) is 0 Å². The van der Waals surface area contributed by atoms with Crippen LogP contribution in [0.3, 0.4) is 0 Å². The number of nitrogens with one attached hydrogen (secondary N) is 1. The lowest BCUT2D eigenvalue weighted by atomic mass is 10.2. The van der Waals surface area contributed by atoms with Crippen molar-refractivity contribution in [1.29, 1.82) is 0 Å². The highest BCUT2D eigenvalue weighted by molar-refractivity contribution is 7.09. The molecule has 0 radical (unpaired) electrons. The van der Waals surface area contributed by atoms with E-state index >= 15 is 0 Å². The van der Waals surface area contributed by atoms with E-state index in [1.807, 2.05) is 19.2 Å². The number of amides is 1. The molecule has 0 aliphatic rings. The normalized spacial score (nSPS) is 12.8. The Hall–Kier alpha value is -0.400. The summed E-state index contributed by atoms with van der Waals surface area (Å²) in [6.07, 6.45) is 0.790. The first-order valence-corrected chi connectivity index (χ1v) is 6.43. The molecule has 0 aromatic carbocycles. The molecule has 2 unspecified atom stereocenters. The van der Waals surface area contributed by atoms with Gasteiger partial charge in [0.2, 0.25) is 5.91 Å². The van der Waals surface area contributed by atoms with Crippen LogP contribution in [0.15, 0.2) is 5.38 Å². The van der Waals surface area contributed by atoms with Crippen LogP contribution in [0.1, 0.15) is 30.1 Å². The van der Waals surface area contributed by atoms with Gasteiger partial charge >= 0.3 is 0 Å². The smallest absolute Gasteiger partial charge is 0.239 e. The summed E-state index contributed by atoms with van der Waals surface area (Å²) in [4.78, 5) is 16.1. The number of ether oxygens (including phenoxy) is 1. The van der Waals surface area contributed by atoms with Gasteiger partial charge in [-0.05, 0) is 13.3 Å². The number of carbonyl (C=O) groups excluding carboxylic acids is 1. The fourth-order valence-corrected chi connectivity index (χ4v) is 2.34. The number of hydrogen-bond acceptors (Lipinski definition) is 5. The highest BCUT2D eigenvalue weighted by Crippen LogP contribution is 2.20. The third kappa shape index (κ3) is 6.54. The molecular weight excluding hydrogens is 309 g/mol. The van der Waals surface area contributed by atoms with Gasteiger partial charge in [0, 0.05) is 18.2 Å². The standard InChI is InChI=1S/C11H19N3O2S.2ClH/c1-4-9(11-13-7(2)6-17-11)14-10(15)8(12)5-16-3;;/h6,8-9H,4-5,12H2,1-3H3,(H,14,15);2*1H. The zero-order valence-corrected chi connectivity index (χ0v) is 13.7. The summed E-state index contributed by atoms with van der Waals surface area (Å²) in [5.74, 6) is -0.202. The molecule has 0 saturated carbocycles. The molecule has 1 rings (SSSR count). The van der Waals surface area contributed by atoms with Gasteiger partial charge < -0.3 is 15.8 Å². The second-order valence-corrected chi connectivity index (χ2v) is 4.75. The van der Waals surface area contributed by atoms with Crippen molar-refractivity contribution >= 4 is 42.1 Å². The molecule has 1 heterocycles. The summed E-state index contributed by atoms with van der Waals surface area (Å²) < 4.78 is 4.85. The molecule has 0 spiro atoms. The Morgan fingerprint density at radius 1 is 1.58 bits per heavy atom. The molecule has 0 aliphatic heterocycles. The van der Waals surface area contributed by atoms with Crippen LogP contribution in [0.5, 0.6) is 0 Å². The van der Waals surface area contributed by atoms with Crippen molar-refractivity contribution < 1.29 is 9.53 Å². The van der Waals surface area contributed by atoms with Crippen molar-refractivity contribution in [2.24, 2.45) is 5.73 Å². The molecule has 0 bridgehead atoms. The zero-order chi connectivity index (χ0) is 12.8. The number of hydrogen-bond donors (Lipinski definition) is 2. The van der Waals surface area contributed by atoms with E-state index in [1.54, 1.807) is 11.3 Å². The lowest BCUT2D eigenvalue weighted by molar-refractivity contribution is -0.124. The van der Waals surface area contributed by atoms with Crippen molar-refractivity contribution in [2.75, 3.05) is 13.7 Å². The van der Waals surface area contributed by atoms with E-state index in [0.29, 0.717) is 0 Å². The average molecular weight is 330 g/mol. The van der Waals surface area contributed by atoms with E-state index in [1.165, 1.54) is 7.11 Å². The van der Waals surface area contributed by atoms with E-state index in [9.17, 15) is 4.79 Å². The number of rotatable bonds is 6. The predicted molar refractivity (Wildman–Crippen MR) is 82.4 cm³/mol. The summed E-state index contributed by atoms with van der Waals surface area (Å²) in [7, 11) is 1.52. The summed E-state index contributed by atoms with van der Waals surface area (Å²) in [5.41, 5.74) is 6.63. The molecular formula is C11H21Cl2N3O2S. The number of nitrogens with zero attached hydrogens (tertiary/aromatic N) is 1. The van der Waals surface area contributed by atoms with Crippen molar-refractivity contribution in [2.45, 2.75) is 32.4 Å². The second kappa shape index (κ2) is 10.4. The minimum Gasteiger partial charge on any atom is -0.383 e. The van der Waals surface area contributed by atoms with Crippen LogP contribution in [-0.4, -0.2) is 30.6 Å². The van der Waals surface area contributed by atoms with Gasteiger partial charge in [0.1, 0.15) is 11.0 Å². The largest absolute Gasteiger partial charge is 0.383 e. The van der Waals surface area contributed by atoms with Crippen molar-refractivity contribution in [3.8, 4) is 0 Å². The molecule has 0 aliphatic carbocycles. The van der Waals surface area contributed by atoms with Crippen LogP contribution in [-0.2, 0) is 9.53 Å². The third-order valence-corrected chi connectivity index (χ3v) is 3.42. The summed E-state index contributed by atoms with van der Waals surface area (Å²) >= 11 is 1.55. The number of carbonyl (C=O) groups is 1. The van der Waals surface area contributed by atoms with Crippen LogP contribution in [0.25, 0.3) is 0 Å². The number of aryl methyl sites for hydroxylation is 1. The lowest BCUT2D eigenvalue weighted by Crippen LogP contribution is -2.44.